The smallest absolute Gasteiger partial charge is 0.258 e. The van der Waals surface area contributed by atoms with Gasteiger partial charge in [0.25, 0.3) is 5.91 Å². The van der Waals surface area contributed by atoms with E-state index in [0.717, 1.165) is 11.1 Å². The molecule has 0 spiro atoms. The van der Waals surface area contributed by atoms with Crippen molar-refractivity contribution in [2.24, 2.45) is 0 Å². The molecule has 0 aliphatic heterocycles. The normalized spacial score (nSPS) is 11.0. The first-order chi connectivity index (χ1) is 10.7. The van der Waals surface area contributed by atoms with Crippen molar-refractivity contribution in [1.82, 2.24) is 15.3 Å². The largest absolute Gasteiger partial charge is 0.295 e. The Morgan fingerprint density at radius 3 is 2.50 bits per heavy atom. The molecule has 22 heavy (non-hydrogen) atoms. The highest BCUT2D eigenvalue weighted by Crippen LogP contribution is 2.31. The zero-order chi connectivity index (χ0) is 15.8. The van der Waals surface area contributed by atoms with Crippen molar-refractivity contribution in [1.29, 1.82) is 0 Å². The van der Waals surface area contributed by atoms with Crippen LogP contribution in [0.2, 0.25) is 0 Å². The first-order valence-electron chi connectivity index (χ1n) is 6.33. The maximum absolute atomic E-state index is 12.0. The average molecular weight is 331 g/mol. The Morgan fingerprint density at radius 1 is 1.18 bits per heavy atom. The third-order valence-corrected chi connectivity index (χ3v) is 4.44. The summed E-state index contributed by atoms with van der Waals surface area (Å²) >= 11 is 0. The van der Waals surface area contributed by atoms with Crippen LogP contribution in [0, 0.1) is 6.92 Å². The van der Waals surface area contributed by atoms with Crippen LogP contribution < -0.4 is 5.32 Å². The van der Waals surface area contributed by atoms with Crippen molar-refractivity contribution in [3.63, 3.8) is 0 Å². The van der Waals surface area contributed by atoms with E-state index in [9.17, 15) is 9.59 Å². The van der Waals surface area contributed by atoms with Crippen LogP contribution in [0.5, 0.6) is 0 Å². The third-order valence-electron chi connectivity index (χ3n) is 2.63. The van der Waals surface area contributed by atoms with E-state index in [2.05, 4.69) is 15.3 Å². The van der Waals surface area contributed by atoms with Crippen LogP contribution in [-0.2, 0) is 9.59 Å². The maximum Gasteiger partial charge on any atom is 0.258 e. The lowest BCUT2D eigenvalue weighted by Gasteiger charge is -2.06. The molecule has 0 aliphatic rings. The van der Waals surface area contributed by atoms with E-state index in [0.29, 0.717) is 17.1 Å². The molecule has 112 valence electrons. The number of carbonyl (C=O) groups is 2. The first-order valence-corrected chi connectivity index (χ1v) is 8.54. The monoisotopic (exact) mass is 331 g/mol. The van der Waals surface area contributed by atoms with Crippen LogP contribution in [0.15, 0.2) is 53.3 Å². The van der Waals surface area contributed by atoms with Gasteiger partial charge in [0.2, 0.25) is 6.41 Å². The van der Waals surface area contributed by atoms with Crippen LogP contribution in [0.1, 0.15) is 11.1 Å². The number of aromatic nitrogens is 2. The molecule has 0 saturated carbocycles. The van der Waals surface area contributed by atoms with Crippen molar-refractivity contribution >= 4 is 39.5 Å². The van der Waals surface area contributed by atoms with E-state index in [1.807, 2.05) is 31.2 Å². The van der Waals surface area contributed by atoms with E-state index in [4.69, 9.17) is 0 Å². The van der Waals surface area contributed by atoms with Crippen molar-refractivity contribution in [3.8, 4) is 0 Å². The van der Waals surface area contributed by atoms with E-state index < -0.39 is 5.91 Å². The second-order valence-corrected chi connectivity index (χ2v) is 6.24. The first kappa shape index (κ1) is 16.3. The van der Waals surface area contributed by atoms with E-state index in [-0.39, 0.29) is 0 Å². The summed E-state index contributed by atoms with van der Waals surface area (Å²) in [5, 5.41) is 4.45. The molecule has 0 atom stereocenters. The number of hydrogen-bond acceptors (Lipinski definition) is 6. The molecule has 0 saturated heterocycles. The number of carbonyl (C=O) groups excluding carboxylic acids is 2. The molecule has 2 aromatic rings. The number of rotatable bonds is 6. The van der Waals surface area contributed by atoms with Crippen LogP contribution in [-0.4, -0.2) is 22.3 Å². The van der Waals surface area contributed by atoms with Gasteiger partial charge in [0.1, 0.15) is 0 Å². The summed E-state index contributed by atoms with van der Waals surface area (Å²) in [7, 11) is 2.65. The van der Waals surface area contributed by atoms with Gasteiger partial charge in [0.05, 0.1) is 5.57 Å². The van der Waals surface area contributed by atoms with Crippen LogP contribution in [0.25, 0.3) is 5.57 Å². The standard InChI is InChI=1S/C15H13N3O2S2/c1-11-3-5-12(6-4-11)13(14(20)18-10-19)9-21-22-15-16-7-2-8-17-15/h2-10H,1H3,(H,18,19,20)/b13-9-. The fraction of sp³-hybridized carbons (Fsp3) is 0.0667. The predicted octanol–water partition coefficient (Wildman–Crippen LogP) is 2.84. The quantitative estimate of drug-likeness (QED) is 0.380. The molecular formula is C15H13N3O2S2. The highest BCUT2D eigenvalue weighted by atomic mass is 33.1. The Labute approximate surface area is 136 Å². The maximum atomic E-state index is 12.0. The fourth-order valence-electron chi connectivity index (χ4n) is 1.56. The molecular weight excluding hydrogens is 318 g/mol. The predicted molar refractivity (Wildman–Crippen MR) is 88.8 cm³/mol. The van der Waals surface area contributed by atoms with E-state index in [1.54, 1.807) is 23.9 Å². The molecule has 1 N–H and O–H groups in total. The number of aryl methyl sites for hydroxylation is 1. The van der Waals surface area contributed by atoms with Gasteiger partial charge in [-0.05, 0) is 34.8 Å². The number of amides is 2. The second-order valence-electron chi connectivity index (χ2n) is 4.20. The van der Waals surface area contributed by atoms with Gasteiger partial charge >= 0.3 is 0 Å². The molecule has 1 aromatic heterocycles. The zero-order valence-corrected chi connectivity index (χ0v) is 13.4. The van der Waals surface area contributed by atoms with Gasteiger partial charge in [0, 0.05) is 12.4 Å². The number of imide groups is 1. The molecule has 7 heteroatoms. The van der Waals surface area contributed by atoms with Crippen LogP contribution >= 0.6 is 21.6 Å². The van der Waals surface area contributed by atoms with Crippen molar-refractivity contribution in [2.75, 3.05) is 0 Å². The van der Waals surface area contributed by atoms with Crippen molar-refractivity contribution in [2.45, 2.75) is 12.1 Å². The molecule has 1 heterocycles. The lowest BCUT2D eigenvalue weighted by molar-refractivity contribution is -0.121. The molecule has 2 amide bonds. The molecule has 0 bridgehead atoms. The Balaban J connectivity index is 2.16. The third kappa shape index (κ3) is 4.71. The molecule has 0 aliphatic carbocycles. The minimum atomic E-state index is -0.444. The average Bonchev–Trinajstić information content (AvgIpc) is 2.54. The van der Waals surface area contributed by atoms with E-state index in [1.165, 1.54) is 21.6 Å². The lowest BCUT2D eigenvalue weighted by atomic mass is 10.1. The Hall–Kier alpha value is -2.12. The van der Waals surface area contributed by atoms with Gasteiger partial charge in [-0.15, -0.1) is 0 Å². The summed E-state index contributed by atoms with van der Waals surface area (Å²) < 4.78 is 0. The van der Waals surface area contributed by atoms with Crippen LogP contribution in [0.4, 0.5) is 0 Å². The second kappa shape index (κ2) is 8.35. The van der Waals surface area contributed by atoms with Gasteiger partial charge in [-0.1, -0.05) is 40.6 Å². The molecule has 0 unspecified atom stereocenters. The van der Waals surface area contributed by atoms with Gasteiger partial charge < -0.3 is 0 Å². The Kier molecular flexibility index (Phi) is 6.17. The minimum Gasteiger partial charge on any atom is -0.295 e. The number of benzene rings is 1. The SMILES string of the molecule is Cc1ccc(/C(=C/SSc2ncccn2)C(=O)NC=O)cc1. The minimum absolute atomic E-state index is 0.377. The zero-order valence-electron chi connectivity index (χ0n) is 11.7. The fourth-order valence-corrected chi connectivity index (χ4v) is 3.19. The van der Waals surface area contributed by atoms with Gasteiger partial charge in [-0.2, -0.15) is 0 Å². The summed E-state index contributed by atoms with van der Waals surface area (Å²) in [6.45, 7) is 1.97. The van der Waals surface area contributed by atoms with Crippen molar-refractivity contribution in [3.05, 3.63) is 59.3 Å². The summed E-state index contributed by atoms with van der Waals surface area (Å²) in [6.07, 6.45) is 3.68. The van der Waals surface area contributed by atoms with Gasteiger partial charge in [0.15, 0.2) is 5.16 Å². The topological polar surface area (TPSA) is 72.0 Å². The summed E-state index contributed by atoms with van der Waals surface area (Å²) in [5.41, 5.74) is 2.26. The van der Waals surface area contributed by atoms with Crippen molar-refractivity contribution < 1.29 is 9.59 Å². The summed E-state index contributed by atoms with van der Waals surface area (Å²) in [5.74, 6) is -0.444. The number of nitrogens with one attached hydrogen (secondary N) is 1. The van der Waals surface area contributed by atoms with E-state index >= 15 is 0 Å². The van der Waals surface area contributed by atoms with Gasteiger partial charge in [-0.3, -0.25) is 14.9 Å². The molecule has 0 fully saturated rings. The number of nitrogens with zero attached hydrogens (tertiary/aromatic N) is 2. The number of hydrogen-bond donors (Lipinski definition) is 1. The Morgan fingerprint density at radius 2 is 1.86 bits per heavy atom. The van der Waals surface area contributed by atoms with Gasteiger partial charge in [-0.25, -0.2) is 9.97 Å². The summed E-state index contributed by atoms with van der Waals surface area (Å²) in [4.78, 5) is 30.7. The molecule has 5 nitrogen and oxygen atoms in total. The van der Waals surface area contributed by atoms with Crippen LogP contribution in [0.3, 0.4) is 0 Å². The Bertz CT molecular complexity index is 673. The summed E-state index contributed by atoms with van der Waals surface area (Å²) in [6, 6.07) is 9.25. The lowest BCUT2D eigenvalue weighted by Crippen LogP contribution is -2.22. The molecule has 2 rings (SSSR count). The molecule has 1 aromatic carbocycles. The molecule has 0 radical (unpaired) electrons. The highest BCUT2D eigenvalue weighted by Gasteiger charge is 2.11. The highest BCUT2D eigenvalue weighted by molar-refractivity contribution is 8.77.